The van der Waals surface area contributed by atoms with Crippen LogP contribution in [0.1, 0.15) is 22.7 Å². The minimum Gasteiger partial charge on any atom is -0.486 e. The highest BCUT2D eigenvalue weighted by Gasteiger charge is 2.13. The number of ether oxygens (including phenoxy) is 1. The Labute approximate surface area is 111 Å². The molecular weight excluding hydrogens is 244 g/mol. The largest absolute Gasteiger partial charge is 0.486 e. The zero-order valence-corrected chi connectivity index (χ0v) is 11.0. The van der Waals surface area contributed by atoms with Gasteiger partial charge < -0.3 is 10.1 Å². The van der Waals surface area contributed by atoms with Crippen LogP contribution in [0.3, 0.4) is 0 Å². The number of thiazole rings is 1. The van der Waals surface area contributed by atoms with Gasteiger partial charge in [0, 0.05) is 11.4 Å². The Morgan fingerprint density at radius 3 is 3.00 bits per heavy atom. The highest BCUT2D eigenvalue weighted by atomic mass is 32.1. The molecule has 0 fully saturated rings. The number of fused-ring (bicyclic) bond motifs is 1. The third-order valence-corrected chi connectivity index (χ3v) is 4.06. The second kappa shape index (κ2) is 5.40. The maximum absolute atomic E-state index is 5.72. The van der Waals surface area contributed by atoms with Gasteiger partial charge in [0.25, 0.3) is 0 Å². The normalized spacial score (nSPS) is 14.4. The highest BCUT2D eigenvalue weighted by molar-refractivity contribution is 7.12. The topological polar surface area (TPSA) is 34.1 Å². The van der Waals surface area contributed by atoms with E-state index in [1.54, 1.807) is 11.3 Å². The molecule has 0 amide bonds. The average Bonchev–Trinajstić information content (AvgIpc) is 2.68. The Morgan fingerprint density at radius 1 is 1.22 bits per heavy atom. The molecule has 0 spiro atoms. The number of nitrogens with zero attached hydrogens (tertiary/aromatic N) is 1. The van der Waals surface area contributed by atoms with Crippen LogP contribution in [0.4, 0.5) is 5.82 Å². The number of aromatic nitrogens is 1. The molecule has 0 saturated carbocycles. The maximum atomic E-state index is 5.72. The molecule has 3 rings (SSSR count). The molecule has 2 aromatic rings. The monoisotopic (exact) mass is 260 g/mol. The van der Waals surface area contributed by atoms with E-state index in [4.69, 9.17) is 4.74 Å². The SMILES string of the molecule is c1ccc(OCc2nc3c(s2)CCCCN3)cc1. The fourth-order valence-corrected chi connectivity index (χ4v) is 3.05. The zero-order valence-electron chi connectivity index (χ0n) is 10.2. The molecular formula is C14H16N2OS. The third kappa shape index (κ3) is 2.64. The van der Waals surface area contributed by atoms with E-state index in [2.05, 4.69) is 10.3 Å². The van der Waals surface area contributed by atoms with Crippen LogP contribution < -0.4 is 10.1 Å². The van der Waals surface area contributed by atoms with Gasteiger partial charge in [-0.1, -0.05) is 18.2 Å². The lowest BCUT2D eigenvalue weighted by Crippen LogP contribution is -2.00. The highest BCUT2D eigenvalue weighted by Crippen LogP contribution is 2.28. The van der Waals surface area contributed by atoms with Gasteiger partial charge in [-0.2, -0.15) is 0 Å². The number of aryl methyl sites for hydroxylation is 1. The molecule has 0 aliphatic carbocycles. The number of hydrogen-bond donors (Lipinski definition) is 1. The van der Waals surface area contributed by atoms with Gasteiger partial charge in [-0.25, -0.2) is 4.98 Å². The van der Waals surface area contributed by atoms with Crippen LogP contribution >= 0.6 is 11.3 Å². The maximum Gasteiger partial charge on any atom is 0.140 e. The second-order valence-corrected chi connectivity index (χ2v) is 5.53. The smallest absolute Gasteiger partial charge is 0.140 e. The molecule has 0 radical (unpaired) electrons. The summed E-state index contributed by atoms with van der Waals surface area (Å²) < 4.78 is 5.72. The van der Waals surface area contributed by atoms with Crippen molar-refractivity contribution in [1.29, 1.82) is 0 Å². The molecule has 94 valence electrons. The molecule has 0 saturated heterocycles. The first-order chi connectivity index (χ1) is 8.92. The van der Waals surface area contributed by atoms with Crippen LogP contribution in [0.2, 0.25) is 0 Å². The fourth-order valence-electron chi connectivity index (χ4n) is 2.05. The Bertz CT molecular complexity index is 486. The summed E-state index contributed by atoms with van der Waals surface area (Å²) in [6, 6.07) is 9.89. The molecule has 3 nitrogen and oxygen atoms in total. The quantitative estimate of drug-likeness (QED) is 0.917. The summed E-state index contributed by atoms with van der Waals surface area (Å²) in [6.07, 6.45) is 3.63. The molecule has 0 bridgehead atoms. The molecule has 0 unspecified atom stereocenters. The Hall–Kier alpha value is -1.55. The zero-order chi connectivity index (χ0) is 12.2. The van der Waals surface area contributed by atoms with Gasteiger partial charge in [0.05, 0.1) is 0 Å². The summed E-state index contributed by atoms with van der Waals surface area (Å²) in [4.78, 5) is 5.98. The van der Waals surface area contributed by atoms with Crippen LogP contribution in [-0.4, -0.2) is 11.5 Å². The van der Waals surface area contributed by atoms with Gasteiger partial charge in [0.1, 0.15) is 23.2 Å². The predicted molar refractivity (Wildman–Crippen MR) is 74.3 cm³/mol. The third-order valence-electron chi connectivity index (χ3n) is 2.97. The first-order valence-corrected chi connectivity index (χ1v) is 7.14. The summed E-state index contributed by atoms with van der Waals surface area (Å²) in [6.45, 7) is 1.60. The molecule has 1 N–H and O–H groups in total. The number of benzene rings is 1. The molecule has 0 atom stereocenters. The second-order valence-electron chi connectivity index (χ2n) is 4.36. The summed E-state index contributed by atoms with van der Waals surface area (Å²) in [5.74, 6) is 1.97. The lowest BCUT2D eigenvalue weighted by molar-refractivity contribution is 0.305. The summed E-state index contributed by atoms with van der Waals surface area (Å²) in [5.41, 5.74) is 0. The fraction of sp³-hybridized carbons (Fsp3) is 0.357. The molecule has 2 heterocycles. The van der Waals surface area contributed by atoms with Gasteiger partial charge in [-0.3, -0.25) is 0 Å². The van der Waals surface area contributed by atoms with Crippen molar-refractivity contribution in [2.24, 2.45) is 0 Å². The average molecular weight is 260 g/mol. The summed E-state index contributed by atoms with van der Waals surface area (Å²) in [5, 5.41) is 4.44. The van der Waals surface area contributed by atoms with Crippen molar-refractivity contribution in [3.8, 4) is 5.75 Å². The number of para-hydroxylation sites is 1. The first kappa shape index (κ1) is 11.5. The van der Waals surface area contributed by atoms with Crippen molar-refractivity contribution in [2.75, 3.05) is 11.9 Å². The van der Waals surface area contributed by atoms with Crippen molar-refractivity contribution < 1.29 is 4.74 Å². The Kier molecular flexibility index (Phi) is 3.46. The van der Waals surface area contributed by atoms with Crippen LogP contribution in [-0.2, 0) is 13.0 Å². The molecule has 1 aliphatic rings. The first-order valence-electron chi connectivity index (χ1n) is 6.32. The van der Waals surface area contributed by atoms with Gasteiger partial charge in [0.15, 0.2) is 0 Å². The number of hydrogen-bond acceptors (Lipinski definition) is 4. The number of anilines is 1. The van der Waals surface area contributed by atoms with Crippen molar-refractivity contribution in [3.05, 3.63) is 40.2 Å². The standard InChI is InChI=1S/C14H16N2OS/c1-2-6-11(7-3-1)17-10-13-16-14-12(18-13)8-4-5-9-15-14/h1-3,6-7,15H,4-5,8-10H2. The minimum absolute atomic E-state index is 0.559. The van der Waals surface area contributed by atoms with E-state index in [1.165, 1.54) is 17.7 Å². The van der Waals surface area contributed by atoms with E-state index in [0.29, 0.717) is 6.61 Å². The summed E-state index contributed by atoms with van der Waals surface area (Å²) >= 11 is 1.77. The Morgan fingerprint density at radius 2 is 2.11 bits per heavy atom. The van der Waals surface area contributed by atoms with Crippen LogP contribution in [0, 0.1) is 0 Å². The predicted octanol–water partition coefficient (Wildman–Crippen LogP) is 3.47. The van der Waals surface area contributed by atoms with Gasteiger partial charge in [-0.15, -0.1) is 11.3 Å². The lowest BCUT2D eigenvalue weighted by atomic mass is 10.2. The molecule has 1 aliphatic heterocycles. The molecule has 4 heteroatoms. The Balaban J connectivity index is 1.67. The van der Waals surface area contributed by atoms with Crippen LogP contribution in [0.25, 0.3) is 0 Å². The molecule has 1 aromatic heterocycles. The molecule has 1 aromatic carbocycles. The lowest BCUT2D eigenvalue weighted by Gasteiger charge is -2.02. The van der Waals surface area contributed by atoms with Crippen molar-refractivity contribution in [2.45, 2.75) is 25.9 Å². The van der Waals surface area contributed by atoms with E-state index >= 15 is 0 Å². The van der Waals surface area contributed by atoms with Crippen LogP contribution in [0.15, 0.2) is 30.3 Å². The minimum atomic E-state index is 0.559. The van der Waals surface area contributed by atoms with E-state index in [1.807, 2.05) is 30.3 Å². The van der Waals surface area contributed by atoms with Crippen molar-refractivity contribution in [1.82, 2.24) is 4.98 Å². The van der Waals surface area contributed by atoms with E-state index in [9.17, 15) is 0 Å². The number of rotatable bonds is 3. The summed E-state index contributed by atoms with van der Waals surface area (Å²) in [7, 11) is 0. The van der Waals surface area contributed by atoms with Crippen molar-refractivity contribution in [3.63, 3.8) is 0 Å². The van der Waals surface area contributed by atoms with E-state index in [0.717, 1.165) is 29.5 Å². The van der Waals surface area contributed by atoms with Gasteiger partial charge in [-0.05, 0) is 31.4 Å². The van der Waals surface area contributed by atoms with E-state index in [-0.39, 0.29) is 0 Å². The van der Waals surface area contributed by atoms with Gasteiger partial charge in [0.2, 0.25) is 0 Å². The number of nitrogens with one attached hydrogen (secondary N) is 1. The van der Waals surface area contributed by atoms with Gasteiger partial charge >= 0.3 is 0 Å². The van der Waals surface area contributed by atoms with Crippen LogP contribution in [0.5, 0.6) is 5.75 Å². The van der Waals surface area contributed by atoms with Crippen molar-refractivity contribution >= 4 is 17.2 Å². The molecule has 18 heavy (non-hydrogen) atoms. The van der Waals surface area contributed by atoms with E-state index < -0.39 is 0 Å².